The first-order valence-electron chi connectivity index (χ1n) is 5.59. The van der Waals surface area contributed by atoms with Crippen LogP contribution >= 0.6 is 11.8 Å². The fourth-order valence-corrected chi connectivity index (χ4v) is 2.91. The van der Waals surface area contributed by atoms with Crippen LogP contribution < -0.4 is 5.32 Å². The molecule has 1 aliphatic heterocycles. The number of rotatable bonds is 1. The van der Waals surface area contributed by atoms with Crippen LogP contribution in [0.3, 0.4) is 0 Å². The van der Waals surface area contributed by atoms with Crippen LogP contribution in [0.2, 0.25) is 0 Å². The zero-order valence-corrected chi connectivity index (χ0v) is 10.8. The number of amidine groups is 1. The van der Waals surface area contributed by atoms with E-state index >= 15 is 0 Å². The van der Waals surface area contributed by atoms with Crippen LogP contribution in [0.25, 0.3) is 0 Å². The number of nitriles is 1. The summed E-state index contributed by atoms with van der Waals surface area (Å²) in [5.74, 6) is 1.08. The van der Waals surface area contributed by atoms with E-state index in [-0.39, 0.29) is 5.54 Å². The molecule has 1 aromatic carbocycles. The lowest BCUT2D eigenvalue weighted by molar-refractivity contribution is 0.507. The lowest BCUT2D eigenvalue weighted by Crippen LogP contribution is -2.27. The van der Waals surface area contributed by atoms with E-state index in [4.69, 9.17) is 5.26 Å². The molecule has 4 heteroatoms. The third-order valence-electron chi connectivity index (χ3n) is 2.60. The van der Waals surface area contributed by atoms with Gasteiger partial charge in [0.2, 0.25) is 0 Å². The first-order valence-corrected chi connectivity index (χ1v) is 6.57. The second kappa shape index (κ2) is 4.80. The van der Waals surface area contributed by atoms with Gasteiger partial charge in [0, 0.05) is 11.4 Å². The van der Waals surface area contributed by atoms with Gasteiger partial charge in [0.25, 0.3) is 0 Å². The van der Waals surface area contributed by atoms with Gasteiger partial charge >= 0.3 is 0 Å². The van der Waals surface area contributed by atoms with E-state index in [1.807, 2.05) is 18.2 Å². The van der Waals surface area contributed by atoms with Crippen molar-refractivity contribution in [3.63, 3.8) is 0 Å². The predicted octanol–water partition coefficient (Wildman–Crippen LogP) is 3.24. The second-order valence-electron chi connectivity index (χ2n) is 4.65. The molecular weight excluding hydrogens is 230 g/mol. The Morgan fingerprint density at radius 3 is 3.00 bits per heavy atom. The zero-order chi connectivity index (χ0) is 12.3. The number of benzene rings is 1. The molecule has 0 aliphatic carbocycles. The van der Waals surface area contributed by atoms with Crippen molar-refractivity contribution in [1.82, 2.24) is 0 Å². The molecule has 17 heavy (non-hydrogen) atoms. The molecule has 0 spiro atoms. The maximum Gasteiger partial charge on any atom is 0.161 e. The van der Waals surface area contributed by atoms with Crippen molar-refractivity contribution in [2.45, 2.75) is 25.8 Å². The summed E-state index contributed by atoms with van der Waals surface area (Å²) >= 11 is 1.73. The topological polar surface area (TPSA) is 48.2 Å². The van der Waals surface area contributed by atoms with Crippen molar-refractivity contribution in [2.75, 3.05) is 11.1 Å². The second-order valence-corrected chi connectivity index (χ2v) is 5.73. The molecule has 0 bridgehead atoms. The molecule has 0 unspecified atom stereocenters. The summed E-state index contributed by atoms with van der Waals surface area (Å²) in [6.07, 6.45) is 1.10. The van der Waals surface area contributed by atoms with Gasteiger partial charge in [-0.15, -0.1) is 0 Å². The minimum absolute atomic E-state index is 0.0143. The average molecular weight is 245 g/mol. The van der Waals surface area contributed by atoms with E-state index in [1.165, 1.54) is 0 Å². The summed E-state index contributed by atoms with van der Waals surface area (Å²) in [5.41, 5.74) is 1.60. The van der Waals surface area contributed by atoms with Crippen molar-refractivity contribution in [2.24, 2.45) is 4.99 Å². The SMILES string of the molecule is CC1(C)CCSC(Nc2cccc(C#N)c2)=N1. The molecule has 2 rings (SSSR count). The molecule has 0 fully saturated rings. The highest BCUT2D eigenvalue weighted by molar-refractivity contribution is 8.14. The molecule has 0 amide bonds. The summed E-state index contributed by atoms with van der Waals surface area (Å²) in [5, 5.41) is 13.1. The van der Waals surface area contributed by atoms with Crippen molar-refractivity contribution in [3.8, 4) is 6.07 Å². The first kappa shape index (κ1) is 12.0. The van der Waals surface area contributed by atoms with E-state index in [1.54, 1.807) is 17.8 Å². The van der Waals surface area contributed by atoms with Gasteiger partial charge < -0.3 is 5.32 Å². The van der Waals surface area contributed by atoms with Gasteiger partial charge in [-0.2, -0.15) is 5.26 Å². The summed E-state index contributed by atoms with van der Waals surface area (Å²) in [4.78, 5) is 4.65. The highest BCUT2D eigenvalue weighted by atomic mass is 32.2. The minimum Gasteiger partial charge on any atom is -0.335 e. The van der Waals surface area contributed by atoms with Gasteiger partial charge in [0.15, 0.2) is 5.17 Å². The van der Waals surface area contributed by atoms with E-state index in [2.05, 4.69) is 30.2 Å². The molecule has 0 saturated carbocycles. The lowest BCUT2D eigenvalue weighted by Gasteiger charge is -2.26. The Bertz CT molecular complexity index is 486. The summed E-state index contributed by atoms with van der Waals surface area (Å²) in [7, 11) is 0. The molecule has 0 saturated heterocycles. The fourth-order valence-electron chi connectivity index (χ4n) is 1.61. The number of hydrogen-bond acceptors (Lipinski definition) is 4. The Morgan fingerprint density at radius 1 is 1.47 bits per heavy atom. The fraction of sp³-hybridized carbons (Fsp3) is 0.385. The molecular formula is C13H15N3S. The Labute approximate surface area is 106 Å². The van der Waals surface area contributed by atoms with Gasteiger partial charge in [-0.25, -0.2) is 0 Å². The third-order valence-corrected chi connectivity index (χ3v) is 3.47. The molecule has 88 valence electrons. The molecule has 1 heterocycles. The van der Waals surface area contributed by atoms with Crippen molar-refractivity contribution >= 4 is 22.6 Å². The largest absolute Gasteiger partial charge is 0.335 e. The van der Waals surface area contributed by atoms with Crippen LogP contribution in [0.4, 0.5) is 5.69 Å². The van der Waals surface area contributed by atoms with Crippen molar-refractivity contribution < 1.29 is 0 Å². The first-order chi connectivity index (χ1) is 8.09. The molecule has 1 aliphatic rings. The zero-order valence-electron chi connectivity index (χ0n) is 10.0. The quantitative estimate of drug-likeness (QED) is 0.826. The minimum atomic E-state index is 0.0143. The van der Waals surface area contributed by atoms with Crippen molar-refractivity contribution in [3.05, 3.63) is 29.8 Å². The number of nitrogens with zero attached hydrogens (tertiary/aromatic N) is 2. The highest BCUT2D eigenvalue weighted by Crippen LogP contribution is 2.26. The van der Waals surface area contributed by atoms with Crippen LogP contribution in [-0.4, -0.2) is 16.5 Å². The molecule has 1 N–H and O–H groups in total. The molecule has 3 nitrogen and oxygen atoms in total. The average Bonchev–Trinajstić information content (AvgIpc) is 2.28. The van der Waals surface area contributed by atoms with Gasteiger partial charge in [-0.05, 0) is 38.5 Å². The van der Waals surface area contributed by atoms with Crippen LogP contribution in [0.1, 0.15) is 25.8 Å². The number of aliphatic imine (C=N–C) groups is 1. The van der Waals surface area contributed by atoms with Crippen LogP contribution in [0, 0.1) is 11.3 Å². The summed E-state index contributed by atoms with van der Waals surface area (Å²) < 4.78 is 0. The van der Waals surface area contributed by atoms with Crippen LogP contribution in [0.15, 0.2) is 29.3 Å². The Balaban J connectivity index is 2.16. The molecule has 1 aromatic rings. The van der Waals surface area contributed by atoms with E-state index < -0.39 is 0 Å². The van der Waals surface area contributed by atoms with Gasteiger partial charge in [-0.1, -0.05) is 17.8 Å². The maximum atomic E-state index is 8.84. The highest BCUT2D eigenvalue weighted by Gasteiger charge is 2.22. The Kier molecular flexibility index (Phi) is 3.39. The van der Waals surface area contributed by atoms with Crippen LogP contribution in [0.5, 0.6) is 0 Å². The molecule has 0 aromatic heterocycles. The summed E-state index contributed by atoms with van der Waals surface area (Å²) in [6, 6.07) is 9.59. The smallest absolute Gasteiger partial charge is 0.161 e. The van der Waals surface area contributed by atoms with E-state index in [0.29, 0.717) is 5.56 Å². The number of hydrogen-bond donors (Lipinski definition) is 1. The number of anilines is 1. The lowest BCUT2D eigenvalue weighted by atomic mass is 10.0. The maximum absolute atomic E-state index is 8.84. The van der Waals surface area contributed by atoms with E-state index in [0.717, 1.165) is 23.0 Å². The molecule has 0 radical (unpaired) electrons. The van der Waals surface area contributed by atoms with Crippen LogP contribution in [-0.2, 0) is 0 Å². The Morgan fingerprint density at radius 2 is 2.29 bits per heavy atom. The van der Waals surface area contributed by atoms with E-state index in [9.17, 15) is 0 Å². The monoisotopic (exact) mass is 245 g/mol. The molecule has 0 atom stereocenters. The standard InChI is InChI=1S/C13H15N3S/c1-13(2)6-7-17-12(16-13)15-11-5-3-4-10(8-11)9-14/h3-5,8H,6-7H2,1-2H3,(H,15,16). The van der Waals surface area contributed by atoms with Gasteiger partial charge in [0.1, 0.15) is 0 Å². The normalized spacial score (nSPS) is 18.1. The summed E-state index contributed by atoms with van der Waals surface area (Å²) in [6.45, 7) is 4.28. The predicted molar refractivity (Wildman–Crippen MR) is 73.4 cm³/mol. The number of nitrogens with one attached hydrogen (secondary N) is 1. The van der Waals surface area contributed by atoms with Gasteiger partial charge in [-0.3, -0.25) is 4.99 Å². The third kappa shape index (κ3) is 3.24. The van der Waals surface area contributed by atoms with Gasteiger partial charge in [0.05, 0.1) is 17.2 Å². The Hall–Kier alpha value is -1.47. The van der Waals surface area contributed by atoms with Crippen molar-refractivity contribution in [1.29, 1.82) is 5.26 Å². The number of thioether (sulfide) groups is 1.